The Hall–Kier alpha value is -2.55. The number of guanidine groups is 1. The molecule has 7 heteroatoms. The van der Waals surface area contributed by atoms with Gasteiger partial charge in [0.2, 0.25) is 5.91 Å². The quantitative estimate of drug-likeness (QED) is 0.282. The number of rotatable bonds is 5. The summed E-state index contributed by atoms with van der Waals surface area (Å²) < 4.78 is 0. The van der Waals surface area contributed by atoms with E-state index in [0.29, 0.717) is 19.5 Å². The van der Waals surface area contributed by atoms with E-state index in [-0.39, 0.29) is 29.9 Å². The number of aliphatic imine (C=N–C) groups is 1. The number of benzene rings is 2. The van der Waals surface area contributed by atoms with Crippen LogP contribution >= 0.6 is 24.0 Å². The Morgan fingerprint density at radius 3 is 2.55 bits per heavy atom. The van der Waals surface area contributed by atoms with E-state index >= 15 is 0 Å². The van der Waals surface area contributed by atoms with Gasteiger partial charge in [-0.3, -0.25) is 9.79 Å². The van der Waals surface area contributed by atoms with Gasteiger partial charge in [0.15, 0.2) is 5.96 Å². The zero-order chi connectivity index (χ0) is 19.3. The zero-order valence-electron chi connectivity index (χ0n) is 16.4. The van der Waals surface area contributed by atoms with E-state index in [4.69, 9.17) is 0 Å². The summed E-state index contributed by atoms with van der Waals surface area (Å²) in [6.45, 7) is 2.16. The minimum absolute atomic E-state index is 0. The number of para-hydroxylation sites is 1. The van der Waals surface area contributed by atoms with Gasteiger partial charge in [0.25, 0.3) is 0 Å². The Balaban J connectivity index is 0.00000240. The number of nitrogens with one attached hydrogen (secondary N) is 3. The number of carbonyl (C=O) groups excluding carboxylic acids is 1. The van der Waals surface area contributed by atoms with Crippen LogP contribution in [0.4, 0.5) is 5.69 Å². The highest BCUT2D eigenvalue weighted by molar-refractivity contribution is 14.0. The van der Waals surface area contributed by atoms with Crippen molar-refractivity contribution in [1.29, 1.82) is 0 Å². The lowest BCUT2D eigenvalue weighted by Crippen LogP contribution is -2.36. The van der Waals surface area contributed by atoms with Gasteiger partial charge in [0.05, 0.1) is 6.54 Å². The Kier molecular flexibility index (Phi) is 7.13. The summed E-state index contributed by atoms with van der Waals surface area (Å²) in [5.74, 6) is 0.963. The van der Waals surface area contributed by atoms with Crippen LogP contribution < -0.4 is 15.5 Å². The van der Waals surface area contributed by atoms with E-state index in [1.807, 2.05) is 29.2 Å². The molecule has 0 radical (unpaired) electrons. The second kappa shape index (κ2) is 9.78. The van der Waals surface area contributed by atoms with Crippen LogP contribution in [0.25, 0.3) is 10.9 Å². The Bertz CT molecular complexity index is 963. The van der Waals surface area contributed by atoms with Crippen molar-refractivity contribution >= 4 is 52.4 Å². The third-order valence-corrected chi connectivity index (χ3v) is 5.04. The van der Waals surface area contributed by atoms with Crippen molar-refractivity contribution < 1.29 is 4.79 Å². The summed E-state index contributed by atoms with van der Waals surface area (Å²) in [6, 6.07) is 18.5. The first-order valence-corrected chi connectivity index (χ1v) is 9.63. The summed E-state index contributed by atoms with van der Waals surface area (Å²) in [4.78, 5) is 21.4. The number of aromatic amines is 1. The van der Waals surface area contributed by atoms with Crippen LogP contribution in [-0.4, -0.2) is 30.4 Å². The number of nitrogens with zero attached hydrogens (tertiary/aromatic N) is 2. The van der Waals surface area contributed by atoms with Gasteiger partial charge < -0.3 is 20.5 Å². The van der Waals surface area contributed by atoms with Gasteiger partial charge in [-0.05, 0) is 41.6 Å². The highest BCUT2D eigenvalue weighted by Crippen LogP contribution is 2.21. The first-order valence-electron chi connectivity index (χ1n) is 9.63. The Labute approximate surface area is 187 Å². The monoisotopic (exact) mass is 503 g/mol. The van der Waals surface area contributed by atoms with Crippen molar-refractivity contribution in [2.45, 2.75) is 25.9 Å². The molecule has 1 aliphatic heterocycles. The molecule has 3 aromatic rings. The molecule has 0 atom stereocenters. The molecule has 2 aromatic carbocycles. The number of halogens is 1. The van der Waals surface area contributed by atoms with Crippen LogP contribution in [-0.2, 0) is 17.9 Å². The van der Waals surface area contributed by atoms with Gasteiger partial charge in [0, 0.05) is 43.5 Å². The van der Waals surface area contributed by atoms with Gasteiger partial charge in [-0.1, -0.05) is 30.3 Å². The molecule has 6 nitrogen and oxygen atoms in total. The van der Waals surface area contributed by atoms with E-state index in [9.17, 15) is 4.79 Å². The molecule has 0 spiro atoms. The van der Waals surface area contributed by atoms with Gasteiger partial charge in [0.1, 0.15) is 0 Å². The fourth-order valence-electron chi connectivity index (χ4n) is 3.53. The smallest absolute Gasteiger partial charge is 0.227 e. The van der Waals surface area contributed by atoms with Crippen molar-refractivity contribution in [2.75, 3.05) is 18.5 Å². The van der Waals surface area contributed by atoms with E-state index in [2.05, 4.69) is 50.9 Å². The standard InChI is InChI=1S/C22H25N5O.HI/c1-23-22(25-15-18-13-17-5-2-3-6-20(17)26-18)24-14-16-8-10-19(11-9-16)27-12-4-7-21(27)28;/h2-3,5-6,8-11,13,26H,4,7,12,14-15H2,1H3,(H2,23,24,25);1H. The molecule has 0 saturated carbocycles. The van der Waals surface area contributed by atoms with Crippen LogP contribution in [0.5, 0.6) is 0 Å². The van der Waals surface area contributed by atoms with Gasteiger partial charge >= 0.3 is 0 Å². The lowest BCUT2D eigenvalue weighted by molar-refractivity contribution is -0.117. The number of hydrogen-bond acceptors (Lipinski definition) is 2. The minimum Gasteiger partial charge on any atom is -0.357 e. The number of anilines is 1. The fraction of sp³-hybridized carbons (Fsp3) is 0.273. The first kappa shape index (κ1) is 21.2. The average Bonchev–Trinajstić information content (AvgIpc) is 3.34. The topological polar surface area (TPSA) is 72.5 Å². The van der Waals surface area contributed by atoms with Crippen LogP contribution in [0.3, 0.4) is 0 Å². The average molecular weight is 503 g/mol. The molecule has 0 unspecified atom stereocenters. The largest absolute Gasteiger partial charge is 0.357 e. The molecule has 152 valence electrons. The molecule has 1 amide bonds. The number of aromatic nitrogens is 1. The number of fused-ring (bicyclic) bond motifs is 1. The maximum Gasteiger partial charge on any atom is 0.227 e. The molecule has 1 fully saturated rings. The Morgan fingerprint density at radius 1 is 1.10 bits per heavy atom. The minimum atomic E-state index is 0. The molecule has 1 saturated heterocycles. The second-order valence-electron chi connectivity index (χ2n) is 6.98. The highest BCUT2D eigenvalue weighted by Gasteiger charge is 2.21. The zero-order valence-corrected chi connectivity index (χ0v) is 18.8. The molecule has 0 bridgehead atoms. The second-order valence-corrected chi connectivity index (χ2v) is 6.98. The number of amides is 1. The van der Waals surface area contributed by atoms with Crippen LogP contribution in [0, 0.1) is 0 Å². The number of hydrogen-bond donors (Lipinski definition) is 3. The van der Waals surface area contributed by atoms with Gasteiger partial charge in [-0.25, -0.2) is 0 Å². The number of H-pyrrole nitrogens is 1. The van der Waals surface area contributed by atoms with Crippen LogP contribution in [0.2, 0.25) is 0 Å². The normalized spacial score (nSPS) is 14.2. The van der Waals surface area contributed by atoms with Crippen molar-refractivity contribution in [3.8, 4) is 0 Å². The maximum absolute atomic E-state index is 11.8. The van der Waals surface area contributed by atoms with E-state index < -0.39 is 0 Å². The lowest BCUT2D eigenvalue weighted by Gasteiger charge is -2.16. The third-order valence-electron chi connectivity index (χ3n) is 5.04. The van der Waals surface area contributed by atoms with E-state index in [0.717, 1.165) is 41.4 Å². The SMILES string of the molecule is CN=C(NCc1ccc(N2CCCC2=O)cc1)NCc1cc2ccccc2[nH]1.I. The molecule has 1 aromatic heterocycles. The molecule has 4 rings (SSSR count). The van der Waals surface area contributed by atoms with Crippen molar-refractivity contribution in [3.63, 3.8) is 0 Å². The van der Waals surface area contributed by atoms with Crippen LogP contribution in [0.15, 0.2) is 59.6 Å². The maximum atomic E-state index is 11.8. The van der Waals surface area contributed by atoms with Crippen LogP contribution in [0.1, 0.15) is 24.1 Å². The summed E-state index contributed by atoms with van der Waals surface area (Å²) in [5.41, 5.74) is 4.37. The highest BCUT2D eigenvalue weighted by atomic mass is 127. The first-order chi connectivity index (χ1) is 13.7. The molecule has 2 heterocycles. The predicted octanol–water partition coefficient (Wildman–Crippen LogP) is 3.78. The summed E-state index contributed by atoms with van der Waals surface area (Å²) >= 11 is 0. The van der Waals surface area contributed by atoms with Crippen molar-refractivity contribution in [2.24, 2.45) is 4.99 Å². The van der Waals surface area contributed by atoms with Crippen molar-refractivity contribution in [1.82, 2.24) is 15.6 Å². The van der Waals surface area contributed by atoms with E-state index in [1.165, 1.54) is 5.39 Å². The summed E-state index contributed by atoms with van der Waals surface area (Å²) in [6.07, 6.45) is 1.60. The third kappa shape index (κ3) is 5.09. The lowest BCUT2D eigenvalue weighted by atomic mass is 10.2. The molecular weight excluding hydrogens is 477 g/mol. The number of carbonyl (C=O) groups is 1. The van der Waals surface area contributed by atoms with Crippen molar-refractivity contribution in [3.05, 3.63) is 65.9 Å². The predicted molar refractivity (Wildman–Crippen MR) is 129 cm³/mol. The summed E-state index contributed by atoms with van der Waals surface area (Å²) in [5, 5.41) is 7.87. The molecule has 3 N–H and O–H groups in total. The van der Waals surface area contributed by atoms with Gasteiger partial charge in [-0.2, -0.15) is 0 Å². The molecular formula is C22H26IN5O. The molecule has 29 heavy (non-hydrogen) atoms. The van der Waals surface area contributed by atoms with Gasteiger partial charge in [-0.15, -0.1) is 24.0 Å². The molecule has 0 aliphatic carbocycles. The fourth-order valence-corrected chi connectivity index (χ4v) is 3.53. The molecule has 1 aliphatic rings. The van der Waals surface area contributed by atoms with E-state index in [1.54, 1.807) is 7.05 Å². The summed E-state index contributed by atoms with van der Waals surface area (Å²) in [7, 11) is 1.77. The Morgan fingerprint density at radius 2 is 1.86 bits per heavy atom.